The Hall–Kier alpha value is -8.41. The summed E-state index contributed by atoms with van der Waals surface area (Å²) < 4.78 is 4.77. The van der Waals surface area contributed by atoms with Gasteiger partial charge in [-0.05, 0) is 76.9 Å². The van der Waals surface area contributed by atoms with Gasteiger partial charge >= 0.3 is 0 Å². The summed E-state index contributed by atoms with van der Waals surface area (Å²) in [6.45, 7) is 0. The van der Waals surface area contributed by atoms with E-state index in [0.717, 1.165) is 50.2 Å². The molecular weight excluding hydrogens is 755 g/mol. The largest absolute Gasteiger partial charge is 0.309 e. The minimum Gasteiger partial charge on any atom is -0.309 e. The van der Waals surface area contributed by atoms with Crippen LogP contribution in [0, 0.1) is 0 Å². The predicted octanol–water partition coefficient (Wildman–Crippen LogP) is 14.4. The molecule has 62 heavy (non-hydrogen) atoms. The third-order valence-electron chi connectivity index (χ3n) is 12.0. The SMILES string of the molecule is c1ccc(-c2cccc(-c3nc(-c4ccccc4)nc(-c4cccc(-n5c6ccccc6c6c(-c7cccc8c7c7ccccc7n8-c7ccccc7)cccc65)c4)n3)c2)cc1. The Bertz CT molecular complexity index is 3620. The van der Waals surface area contributed by atoms with Gasteiger partial charge in [0.25, 0.3) is 0 Å². The van der Waals surface area contributed by atoms with Crippen molar-refractivity contribution in [3.63, 3.8) is 0 Å². The molecule has 0 N–H and O–H groups in total. The first-order valence-corrected chi connectivity index (χ1v) is 21.0. The molecule has 5 nitrogen and oxygen atoms in total. The van der Waals surface area contributed by atoms with E-state index in [0.29, 0.717) is 17.5 Å². The standard InChI is InChI=1S/C57H37N5/c1-4-18-38(19-5-1)40-22-14-23-41(36-40)56-58-55(39-20-6-2-7-21-39)59-57(60-56)42-24-15-27-44(37-42)62-50-33-13-11-29-48(50)54-46(31-17-35-52(54)62)45-30-16-34-51-53(45)47-28-10-12-32-49(47)61(51)43-25-8-3-9-26-43/h1-37H. The summed E-state index contributed by atoms with van der Waals surface area (Å²) in [4.78, 5) is 15.4. The van der Waals surface area contributed by atoms with Crippen LogP contribution in [0.3, 0.4) is 0 Å². The fourth-order valence-corrected chi connectivity index (χ4v) is 9.22. The molecule has 3 heterocycles. The first-order valence-electron chi connectivity index (χ1n) is 21.0. The van der Waals surface area contributed by atoms with Gasteiger partial charge in [0, 0.05) is 49.6 Å². The van der Waals surface area contributed by atoms with Crippen LogP contribution in [-0.2, 0) is 0 Å². The van der Waals surface area contributed by atoms with Crippen molar-refractivity contribution in [3.05, 3.63) is 224 Å². The quantitative estimate of drug-likeness (QED) is 0.162. The van der Waals surface area contributed by atoms with Crippen LogP contribution in [-0.4, -0.2) is 24.1 Å². The number of para-hydroxylation sites is 3. The van der Waals surface area contributed by atoms with E-state index in [9.17, 15) is 0 Å². The molecule has 0 atom stereocenters. The second-order valence-electron chi connectivity index (χ2n) is 15.6. The zero-order valence-corrected chi connectivity index (χ0v) is 33.6. The molecular formula is C57H37N5. The highest BCUT2D eigenvalue weighted by Gasteiger charge is 2.21. The number of fused-ring (bicyclic) bond motifs is 6. The highest BCUT2D eigenvalue weighted by Crippen LogP contribution is 2.44. The van der Waals surface area contributed by atoms with Gasteiger partial charge in [0.1, 0.15) is 0 Å². The first-order chi connectivity index (χ1) is 30.8. The molecule has 0 aliphatic carbocycles. The molecule has 0 unspecified atom stereocenters. The average molecular weight is 792 g/mol. The van der Waals surface area contributed by atoms with Crippen LogP contribution in [0.5, 0.6) is 0 Å². The molecule has 3 aromatic heterocycles. The summed E-state index contributed by atoms with van der Waals surface area (Å²) in [5.74, 6) is 1.87. The number of rotatable bonds is 7. The Balaban J connectivity index is 1.04. The van der Waals surface area contributed by atoms with Crippen LogP contribution in [0.15, 0.2) is 224 Å². The maximum atomic E-state index is 5.18. The highest BCUT2D eigenvalue weighted by atomic mass is 15.0. The summed E-state index contributed by atoms with van der Waals surface area (Å²) in [5.41, 5.74) is 14.2. The van der Waals surface area contributed by atoms with Crippen molar-refractivity contribution in [2.75, 3.05) is 0 Å². The lowest BCUT2D eigenvalue weighted by Gasteiger charge is -2.12. The Labute approximate surface area is 358 Å². The van der Waals surface area contributed by atoms with Crippen molar-refractivity contribution in [2.24, 2.45) is 0 Å². The molecule has 12 aromatic rings. The Kier molecular flexibility index (Phi) is 8.42. The van der Waals surface area contributed by atoms with E-state index >= 15 is 0 Å². The van der Waals surface area contributed by atoms with E-state index in [4.69, 9.17) is 15.0 Å². The van der Waals surface area contributed by atoms with Gasteiger partial charge in [-0.2, -0.15) is 0 Å². The van der Waals surface area contributed by atoms with Crippen LogP contribution in [0.1, 0.15) is 0 Å². The fraction of sp³-hybridized carbons (Fsp3) is 0. The van der Waals surface area contributed by atoms with E-state index in [1.165, 1.54) is 43.7 Å². The number of benzene rings is 9. The molecule has 9 aromatic carbocycles. The summed E-state index contributed by atoms with van der Waals surface area (Å²) in [6.07, 6.45) is 0. The molecule has 12 rings (SSSR count). The molecule has 5 heteroatoms. The topological polar surface area (TPSA) is 48.5 Å². The van der Waals surface area contributed by atoms with Crippen molar-refractivity contribution in [1.82, 2.24) is 24.1 Å². The molecule has 0 aliphatic heterocycles. The van der Waals surface area contributed by atoms with E-state index in [-0.39, 0.29) is 0 Å². The molecule has 0 saturated heterocycles. The van der Waals surface area contributed by atoms with Gasteiger partial charge in [0.2, 0.25) is 0 Å². The lowest BCUT2D eigenvalue weighted by Crippen LogP contribution is -2.01. The van der Waals surface area contributed by atoms with Gasteiger partial charge in [-0.3, -0.25) is 0 Å². The van der Waals surface area contributed by atoms with Crippen molar-refractivity contribution in [2.45, 2.75) is 0 Å². The normalized spacial score (nSPS) is 11.5. The van der Waals surface area contributed by atoms with Crippen molar-refractivity contribution < 1.29 is 0 Å². The maximum Gasteiger partial charge on any atom is 0.164 e. The second kappa shape index (κ2) is 14.7. The first kappa shape index (κ1) is 35.5. The minimum absolute atomic E-state index is 0.615. The van der Waals surface area contributed by atoms with Gasteiger partial charge in [-0.25, -0.2) is 15.0 Å². The fourth-order valence-electron chi connectivity index (χ4n) is 9.22. The van der Waals surface area contributed by atoms with Gasteiger partial charge in [0.05, 0.1) is 22.1 Å². The average Bonchev–Trinajstić information content (AvgIpc) is 3.88. The van der Waals surface area contributed by atoms with Crippen molar-refractivity contribution in [1.29, 1.82) is 0 Å². The van der Waals surface area contributed by atoms with Crippen LogP contribution < -0.4 is 0 Å². The van der Waals surface area contributed by atoms with Gasteiger partial charge in [-0.1, -0.05) is 170 Å². The van der Waals surface area contributed by atoms with E-state index < -0.39 is 0 Å². The minimum atomic E-state index is 0.615. The number of hydrogen-bond acceptors (Lipinski definition) is 3. The summed E-state index contributed by atoms with van der Waals surface area (Å²) in [7, 11) is 0. The Morgan fingerprint density at radius 1 is 0.258 bits per heavy atom. The van der Waals surface area contributed by atoms with Crippen LogP contribution in [0.4, 0.5) is 0 Å². The Morgan fingerprint density at radius 3 is 1.24 bits per heavy atom. The summed E-state index contributed by atoms with van der Waals surface area (Å²) >= 11 is 0. The molecule has 0 saturated carbocycles. The monoisotopic (exact) mass is 791 g/mol. The number of hydrogen-bond donors (Lipinski definition) is 0. The molecule has 0 fully saturated rings. The van der Waals surface area contributed by atoms with Crippen LogP contribution >= 0.6 is 0 Å². The van der Waals surface area contributed by atoms with Crippen molar-refractivity contribution in [3.8, 4) is 67.8 Å². The molecule has 0 bridgehead atoms. The zero-order valence-electron chi connectivity index (χ0n) is 33.6. The van der Waals surface area contributed by atoms with Crippen molar-refractivity contribution >= 4 is 43.6 Å². The third kappa shape index (κ3) is 5.90. The lowest BCUT2D eigenvalue weighted by atomic mass is 9.95. The summed E-state index contributed by atoms with van der Waals surface area (Å²) in [5, 5.41) is 4.88. The molecule has 0 radical (unpaired) electrons. The zero-order chi connectivity index (χ0) is 41.0. The van der Waals surface area contributed by atoms with Crippen LogP contribution in [0.25, 0.3) is 111 Å². The van der Waals surface area contributed by atoms with Crippen LogP contribution in [0.2, 0.25) is 0 Å². The molecule has 290 valence electrons. The predicted molar refractivity (Wildman–Crippen MR) is 256 cm³/mol. The second-order valence-corrected chi connectivity index (χ2v) is 15.6. The Morgan fingerprint density at radius 2 is 0.645 bits per heavy atom. The summed E-state index contributed by atoms with van der Waals surface area (Å²) in [6, 6.07) is 79.2. The van der Waals surface area contributed by atoms with Gasteiger partial charge in [-0.15, -0.1) is 0 Å². The van der Waals surface area contributed by atoms with E-state index in [1.807, 2.05) is 24.3 Å². The molecule has 0 spiro atoms. The lowest BCUT2D eigenvalue weighted by molar-refractivity contribution is 1.07. The molecule has 0 aliphatic rings. The maximum absolute atomic E-state index is 5.18. The number of aromatic nitrogens is 5. The third-order valence-corrected chi connectivity index (χ3v) is 12.0. The van der Waals surface area contributed by atoms with Gasteiger partial charge < -0.3 is 9.13 Å². The molecule has 0 amide bonds. The van der Waals surface area contributed by atoms with Gasteiger partial charge in [0.15, 0.2) is 17.5 Å². The highest BCUT2D eigenvalue weighted by molar-refractivity contribution is 6.22. The smallest absolute Gasteiger partial charge is 0.164 e. The van der Waals surface area contributed by atoms with E-state index in [2.05, 4.69) is 209 Å². The number of nitrogens with zero attached hydrogens (tertiary/aromatic N) is 5. The van der Waals surface area contributed by atoms with E-state index in [1.54, 1.807) is 0 Å².